The molecule has 43 heavy (non-hydrogen) atoms. The Kier molecular flexibility index (Phi) is 9.32. The number of hydrogen-bond donors (Lipinski definition) is 1. The average molecular weight is 594 g/mol. The smallest absolute Gasteiger partial charge is 0.248 e. The molecule has 9 nitrogen and oxygen atoms in total. The Labute approximate surface area is 255 Å². The first-order valence-electron chi connectivity index (χ1n) is 16.0. The van der Waals surface area contributed by atoms with Crippen LogP contribution in [0.25, 0.3) is 0 Å². The Morgan fingerprint density at radius 1 is 1.07 bits per heavy atom. The van der Waals surface area contributed by atoms with Gasteiger partial charge < -0.3 is 29.3 Å². The fraction of sp³-hybridized carbons (Fsp3) is 0.618. The van der Waals surface area contributed by atoms with E-state index in [2.05, 4.69) is 13.2 Å². The maximum atomic E-state index is 14.6. The number of amides is 3. The number of nitrogens with zero attached hydrogens (tertiary/aromatic N) is 3. The van der Waals surface area contributed by atoms with Crippen molar-refractivity contribution in [3.63, 3.8) is 0 Å². The summed E-state index contributed by atoms with van der Waals surface area (Å²) < 4.78 is 12.6. The molecular formula is C34H47N3O6. The number of ether oxygens (including phenoxy) is 2. The van der Waals surface area contributed by atoms with E-state index >= 15 is 0 Å². The molecule has 2 bridgehead atoms. The van der Waals surface area contributed by atoms with Gasteiger partial charge in [-0.15, -0.1) is 13.2 Å². The Bertz CT molecular complexity index is 1210. The molecule has 4 aliphatic rings. The third-order valence-electron chi connectivity index (χ3n) is 10.2. The Morgan fingerprint density at radius 2 is 1.77 bits per heavy atom. The fourth-order valence-electron chi connectivity index (χ4n) is 8.34. The molecule has 3 aliphatic heterocycles. The van der Waals surface area contributed by atoms with Gasteiger partial charge in [-0.05, 0) is 63.3 Å². The van der Waals surface area contributed by atoms with Gasteiger partial charge in [0.25, 0.3) is 0 Å². The number of hydrogen-bond acceptors (Lipinski definition) is 6. The van der Waals surface area contributed by atoms with Crippen LogP contribution in [-0.2, 0) is 19.1 Å². The van der Waals surface area contributed by atoms with Crippen LogP contribution >= 0.6 is 0 Å². The van der Waals surface area contributed by atoms with Crippen LogP contribution in [0.15, 0.2) is 49.6 Å². The molecule has 1 aliphatic carbocycles. The van der Waals surface area contributed by atoms with Gasteiger partial charge in [0, 0.05) is 31.4 Å². The summed E-state index contributed by atoms with van der Waals surface area (Å²) >= 11 is 0. The summed E-state index contributed by atoms with van der Waals surface area (Å²) in [4.78, 5) is 48.7. The number of carbonyl (C=O) groups is 3. The maximum Gasteiger partial charge on any atom is 0.248 e. The van der Waals surface area contributed by atoms with E-state index in [0.29, 0.717) is 43.9 Å². The van der Waals surface area contributed by atoms with Crippen molar-refractivity contribution in [2.45, 2.75) is 88.5 Å². The average Bonchev–Trinajstić information content (AvgIpc) is 3.63. The van der Waals surface area contributed by atoms with E-state index in [4.69, 9.17) is 9.47 Å². The molecule has 1 aromatic carbocycles. The van der Waals surface area contributed by atoms with Crippen molar-refractivity contribution in [2.24, 2.45) is 11.8 Å². The zero-order valence-corrected chi connectivity index (χ0v) is 25.7. The molecule has 0 aromatic heterocycles. The van der Waals surface area contributed by atoms with Gasteiger partial charge in [-0.2, -0.15) is 0 Å². The summed E-state index contributed by atoms with van der Waals surface area (Å²) in [7, 11) is 0. The van der Waals surface area contributed by atoms with E-state index in [0.717, 1.165) is 32.1 Å². The second-order valence-electron chi connectivity index (χ2n) is 12.3. The Morgan fingerprint density at radius 3 is 2.37 bits per heavy atom. The summed E-state index contributed by atoms with van der Waals surface area (Å²) in [5.74, 6) is -1.54. The zero-order chi connectivity index (χ0) is 30.8. The maximum absolute atomic E-state index is 14.6. The SMILES string of the molecule is C=CCN(C(=O)[C@H]1[C@H]2C(=O)N(CCO)C(C(=O)N(CC=C)C3CCCCC3)C23CC[C@]1(CC)O3)c1ccc(OCC)cc1. The largest absolute Gasteiger partial charge is 0.494 e. The van der Waals surface area contributed by atoms with E-state index in [1.807, 2.05) is 43.0 Å². The van der Waals surface area contributed by atoms with Gasteiger partial charge in [0.1, 0.15) is 17.4 Å². The molecule has 3 heterocycles. The van der Waals surface area contributed by atoms with Crippen LogP contribution in [0.1, 0.15) is 65.2 Å². The summed E-state index contributed by atoms with van der Waals surface area (Å²) in [5, 5.41) is 10.0. The van der Waals surface area contributed by atoms with Crippen molar-refractivity contribution in [1.82, 2.24) is 9.80 Å². The topological polar surface area (TPSA) is 99.6 Å². The number of β-amino-alcohol motifs (C(OH)–C–C–N with tert-alkyl or cyclic N) is 1. The first kappa shape index (κ1) is 31.3. The second kappa shape index (κ2) is 12.8. The van der Waals surface area contributed by atoms with Crippen molar-refractivity contribution < 1.29 is 29.0 Å². The van der Waals surface area contributed by atoms with Gasteiger partial charge >= 0.3 is 0 Å². The first-order valence-corrected chi connectivity index (χ1v) is 16.0. The highest BCUT2D eigenvalue weighted by atomic mass is 16.5. The fourth-order valence-corrected chi connectivity index (χ4v) is 8.34. The Hall–Kier alpha value is -3.17. The minimum atomic E-state index is -1.13. The molecule has 0 radical (unpaired) electrons. The lowest BCUT2D eigenvalue weighted by atomic mass is 9.64. The molecule has 1 aromatic rings. The zero-order valence-electron chi connectivity index (χ0n) is 25.7. The van der Waals surface area contributed by atoms with Crippen molar-refractivity contribution in [2.75, 3.05) is 37.7 Å². The van der Waals surface area contributed by atoms with Gasteiger partial charge in [0.2, 0.25) is 17.7 Å². The summed E-state index contributed by atoms with van der Waals surface area (Å²) in [6.45, 7) is 12.6. The predicted molar refractivity (Wildman–Crippen MR) is 165 cm³/mol. The molecule has 234 valence electrons. The highest BCUT2D eigenvalue weighted by molar-refractivity contribution is 6.03. The van der Waals surface area contributed by atoms with E-state index < -0.39 is 29.1 Å². The first-order chi connectivity index (χ1) is 20.8. The van der Waals surface area contributed by atoms with E-state index in [1.165, 1.54) is 4.90 Å². The molecule has 1 spiro atoms. The quantitative estimate of drug-likeness (QED) is 0.346. The number of benzene rings is 1. The molecule has 1 saturated carbocycles. The lowest BCUT2D eigenvalue weighted by Gasteiger charge is -2.40. The molecule has 9 heteroatoms. The second-order valence-corrected chi connectivity index (χ2v) is 12.3. The number of likely N-dealkylation sites (tertiary alicyclic amines) is 1. The summed E-state index contributed by atoms with van der Waals surface area (Å²) in [6.07, 6.45) is 10.1. The highest BCUT2D eigenvalue weighted by Gasteiger charge is 2.79. The van der Waals surface area contributed by atoms with Crippen molar-refractivity contribution in [3.05, 3.63) is 49.6 Å². The monoisotopic (exact) mass is 593 g/mol. The molecule has 3 amide bonds. The van der Waals surface area contributed by atoms with Crippen LogP contribution in [0.2, 0.25) is 0 Å². The normalized spacial score (nSPS) is 29.8. The molecule has 4 fully saturated rings. The number of anilines is 1. The van der Waals surface area contributed by atoms with Gasteiger partial charge in [-0.1, -0.05) is 38.3 Å². The van der Waals surface area contributed by atoms with Crippen LogP contribution in [-0.4, -0.2) is 88.8 Å². The van der Waals surface area contributed by atoms with Gasteiger partial charge in [-0.25, -0.2) is 0 Å². The van der Waals surface area contributed by atoms with Crippen LogP contribution in [0, 0.1) is 11.8 Å². The number of aliphatic hydroxyl groups is 1. The third kappa shape index (κ3) is 5.18. The molecule has 2 unspecified atom stereocenters. The van der Waals surface area contributed by atoms with Gasteiger partial charge in [0.05, 0.1) is 30.7 Å². The van der Waals surface area contributed by atoms with Crippen LogP contribution in [0.5, 0.6) is 5.75 Å². The number of fused-ring (bicyclic) bond motifs is 1. The summed E-state index contributed by atoms with van der Waals surface area (Å²) in [6, 6.07) is 6.51. The molecule has 5 atom stereocenters. The Balaban J connectivity index is 1.54. The highest BCUT2D eigenvalue weighted by Crippen LogP contribution is 2.64. The van der Waals surface area contributed by atoms with E-state index in [-0.39, 0.29) is 43.5 Å². The van der Waals surface area contributed by atoms with Crippen LogP contribution in [0.3, 0.4) is 0 Å². The van der Waals surface area contributed by atoms with Crippen molar-refractivity contribution >= 4 is 23.4 Å². The molecule has 5 rings (SSSR count). The van der Waals surface area contributed by atoms with Crippen LogP contribution < -0.4 is 9.64 Å². The number of carbonyl (C=O) groups excluding carboxylic acids is 3. The predicted octanol–water partition coefficient (Wildman–Crippen LogP) is 4.10. The minimum Gasteiger partial charge on any atom is -0.494 e. The van der Waals surface area contributed by atoms with Crippen molar-refractivity contribution in [3.8, 4) is 5.75 Å². The van der Waals surface area contributed by atoms with Gasteiger partial charge in [-0.3, -0.25) is 14.4 Å². The van der Waals surface area contributed by atoms with E-state index in [9.17, 15) is 19.5 Å². The minimum absolute atomic E-state index is 0.0126. The number of aliphatic hydroxyl groups excluding tert-OH is 1. The molecular weight excluding hydrogens is 546 g/mol. The van der Waals surface area contributed by atoms with Gasteiger partial charge in [0.15, 0.2) is 0 Å². The van der Waals surface area contributed by atoms with Crippen molar-refractivity contribution in [1.29, 1.82) is 0 Å². The lowest BCUT2D eigenvalue weighted by Crippen LogP contribution is -2.58. The third-order valence-corrected chi connectivity index (χ3v) is 10.2. The lowest BCUT2D eigenvalue weighted by molar-refractivity contribution is -0.154. The number of rotatable bonds is 13. The van der Waals surface area contributed by atoms with Crippen LogP contribution in [0.4, 0.5) is 5.69 Å². The molecule has 3 saturated heterocycles. The van der Waals surface area contributed by atoms with E-state index in [1.54, 1.807) is 17.1 Å². The standard InChI is InChI=1S/C34H47N3O6/c1-5-20-35(25-14-16-26(17-15-25)42-8-4)30(39)27-28-31(40)37(22-23-38)29(34(28)19-18-33(27,7-3)43-34)32(41)36(21-6-2)24-12-10-9-11-13-24/h5-6,14-17,24,27-29,38H,1-2,7-13,18-23H2,3-4H3/t27-,28+,29?,33+,34?/m1/s1. The summed E-state index contributed by atoms with van der Waals surface area (Å²) in [5.41, 5.74) is -1.32. The molecule has 1 N–H and O–H groups in total.